The second-order valence-electron chi connectivity index (χ2n) is 7.09. The summed E-state index contributed by atoms with van der Waals surface area (Å²) in [5, 5.41) is 8.88. The highest BCUT2D eigenvalue weighted by molar-refractivity contribution is 5.33. The van der Waals surface area contributed by atoms with Gasteiger partial charge in [-0.2, -0.15) is 5.26 Å². The molecule has 1 nitrogen and oxygen atoms in total. The van der Waals surface area contributed by atoms with Crippen LogP contribution in [0.5, 0.6) is 0 Å². The average Bonchev–Trinajstić information content (AvgIpc) is 2.61. The fraction of sp³-hybridized carbons (Fsp3) is 0.591. The van der Waals surface area contributed by atoms with Crippen molar-refractivity contribution in [3.8, 4) is 6.07 Å². The maximum absolute atomic E-state index is 8.88. The van der Waals surface area contributed by atoms with Gasteiger partial charge in [-0.05, 0) is 68.1 Å². The van der Waals surface area contributed by atoms with E-state index in [1.54, 1.807) is 0 Å². The molecule has 0 amide bonds. The Hall–Kier alpha value is -1.55. The van der Waals surface area contributed by atoms with Crippen LogP contribution in [0.1, 0.15) is 87.7 Å². The van der Waals surface area contributed by atoms with Crippen molar-refractivity contribution in [2.75, 3.05) is 0 Å². The van der Waals surface area contributed by atoms with E-state index in [2.05, 4.69) is 24.8 Å². The number of benzene rings is 1. The van der Waals surface area contributed by atoms with Crippen LogP contribution in [0.4, 0.5) is 0 Å². The summed E-state index contributed by atoms with van der Waals surface area (Å²) in [6, 6.07) is 10.5. The Morgan fingerprint density at radius 2 is 1.61 bits per heavy atom. The molecular weight excluding hydrogens is 278 g/mol. The Bertz CT molecular complexity index is 486. The van der Waals surface area contributed by atoms with Crippen LogP contribution < -0.4 is 0 Å². The van der Waals surface area contributed by atoms with E-state index in [9.17, 15) is 0 Å². The molecule has 2 rings (SSSR count). The summed E-state index contributed by atoms with van der Waals surface area (Å²) in [6.45, 7) is 3.78. The van der Waals surface area contributed by atoms with E-state index in [1.807, 2.05) is 18.2 Å². The van der Waals surface area contributed by atoms with E-state index in [4.69, 9.17) is 5.26 Å². The third-order valence-electron chi connectivity index (χ3n) is 5.38. The minimum Gasteiger partial charge on any atom is -0.192 e. The van der Waals surface area contributed by atoms with Gasteiger partial charge in [0.1, 0.15) is 0 Å². The lowest BCUT2D eigenvalue weighted by atomic mass is 9.77. The van der Waals surface area contributed by atoms with Crippen LogP contribution in [-0.2, 0) is 0 Å². The molecule has 0 unspecified atom stereocenters. The first-order valence-electron chi connectivity index (χ1n) is 9.44. The molecule has 1 heteroatoms. The number of nitrogens with zero attached hydrogens (tertiary/aromatic N) is 1. The molecule has 23 heavy (non-hydrogen) atoms. The monoisotopic (exact) mass is 309 g/mol. The molecule has 1 saturated carbocycles. The van der Waals surface area contributed by atoms with Gasteiger partial charge in [-0.25, -0.2) is 0 Å². The van der Waals surface area contributed by atoms with Gasteiger partial charge in [0, 0.05) is 0 Å². The normalized spacial score (nSPS) is 20.8. The van der Waals surface area contributed by atoms with E-state index in [0.717, 1.165) is 17.4 Å². The van der Waals surface area contributed by atoms with Gasteiger partial charge in [-0.1, -0.05) is 50.3 Å². The number of unbranched alkanes of at least 4 members (excludes halogenated alkanes) is 5. The molecule has 0 N–H and O–H groups in total. The SMILES string of the molecule is C=CCCCCCCCC1CCC(c2ccc(C#N)cc2)CC1. The predicted molar refractivity (Wildman–Crippen MR) is 98.4 cm³/mol. The first-order chi connectivity index (χ1) is 11.3. The van der Waals surface area contributed by atoms with Gasteiger partial charge in [-0.3, -0.25) is 0 Å². The average molecular weight is 309 g/mol. The molecule has 0 saturated heterocycles. The lowest BCUT2D eigenvalue weighted by molar-refractivity contribution is 0.302. The van der Waals surface area contributed by atoms with Crippen LogP contribution in [0, 0.1) is 17.2 Å². The van der Waals surface area contributed by atoms with Crippen LogP contribution in [0.15, 0.2) is 36.9 Å². The fourth-order valence-corrected chi connectivity index (χ4v) is 3.87. The molecular formula is C22H31N. The van der Waals surface area contributed by atoms with Crippen LogP contribution in [-0.4, -0.2) is 0 Å². The summed E-state index contributed by atoms with van der Waals surface area (Å²) in [5.41, 5.74) is 2.21. The Labute approximate surface area is 142 Å². The van der Waals surface area contributed by atoms with Crippen molar-refractivity contribution in [1.29, 1.82) is 5.26 Å². The quantitative estimate of drug-likeness (QED) is 0.365. The molecule has 1 aliphatic carbocycles. The van der Waals surface area contributed by atoms with E-state index in [0.29, 0.717) is 0 Å². The summed E-state index contributed by atoms with van der Waals surface area (Å²) in [5.74, 6) is 1.68. The standard InChI is InChI=1S/C22H31N/c1-2-3-4-5-6-7-8-9-19-10-14-21(15-11-19)22-16-12-20(18-23)13-17-22/h2,12-13,16-17,19,21H,1,3-11,14-15H2. The molecule has 0 atom stereocenters. The van der Waals surface area contributed by atoms with Gasteiger partial charge in [0.25, 0.3) is 0 Å². The zero-order chi connectivity index (χ0) is 16.3. The van der Waals surface area contributed by atoms with Crippen molar-refractivity contribution in [2.24, 2.45) is 5.92 Å². The Morgan fingerprint density at radius 1 is 0.957 bits per heavy atom. The van der Waals surface area contributed by atoms with Crippen molar-refractivity contribution >= 4 is 0 Å². The molecule has 0 heterocycles. The minimum atomic E-state index is 0.720. The lowest BCUT2D eigenvalue weighted by Crippen LogP contribution is -2.13. The Balaban J connectivity index is 1.60. The first kappa shape index (κ1) is 17.8. The highest BCUT2D eigenvalue weighted by atomic mass is 14.3. The maximum Gasteiger partial charge on any atom is 0.0991 e. The third-order valence-corrected chi connectivity index (χ3v) is 5.38. The molecule has 1 aromatic rings. The van der Waals surface area contributed by atoms with E-state index >= 15 is 0 Å². The summed E-state index contributed by atoms with van der Waals surface area (Å²) in [4.78, 5) is 0. The zero-order valence-electron chi connectivity index (χ0n) is 14.5. The van der Waals surface area contributed by atoms with Crippen molar-refractivity contribution in [2.45, 2.75) is 76.5 Å². The Kier molecular flexibility index (Phi) is 7.95. The minimum absolute atomic E-state index is 0.720. The lowest BCUT2D eigenvalue weighted by Gasteiger charge is -2.29. The highest BCUT2D eigenvalue weighted by Gasteiger charge is 2.21. The van der Waals surface area contributed by atoms with Crippen LogP contribution in [0.2, 0.25) is 0 Å². The topological polar surface area (TPSA) is 23.8 Å². The third kappa shape index (κ3) is 6.22. The van der Waals surface area contributed by atoms with Gasteiger partial charge < -0.3 is 0 Å². The second kappa shape index (κ2) is 10.3. The molecule has 1 aliphatic rings. The molecule has 0 bridgehead atoms. The predicted octanol–water partition coefficient (Wildman–Crippen LogP) is 6.75. The van der Waals surface area contributed by atoms with Gasteiger partial charge in [0.05, 0.1) is 11.6 Å². The van der Waals surface area contributed by atoms with Crippen LogP contribution in [0.25, 0.3) is 0 Å². The zero-order valence-corrected chi connectivity index (χ0v) is 14.5. The molecule has 1 aromatic carbocycles. The van der Waals surface area contributed by atoms with Crippen molar-refractivity contribution in [1.82, 2.24) is 0 Å². The molecule has 0 aromatic heterocycles. The van der Waals surface area contributed by atoms with Crippen molar-refractivity contribution in [3.63, 3.8) is 0 Å². The van der Waals surface area contributed by atoms with Crippen LogP contribution >= 0.6 is 0 Å². The number of hydrogen-bond donors (Lipinski definition) is 0. The van der Waals surface area contributed by atoms with Gasteiger partial charge >= 0.3 is 0 Å². The van der Waals surface area contributed by atoms with Crippen molar-refractivity contribution in [3.05, 3.63) is 48.0 Å². The largest absolute Gasteiger partial charge is 0.192 e. The van der Waals surface area contributed by atoms with Crippen LogP contribution in [0.3, 0.4) is 0 Å². The van der Waals surface area contributed by atoms with Crippen molar-refractivity contribution < 1.29 is 0 Å². The summed E-state index contributed by atoms with van der Waals surface area (Å²) in [6.07, 6.45) is 17.0. The van der Waals surface area contributed by atoms with Gasteiger partial charge in [0.2, 0.25) is 0 Å². The number of hydrogen-bond acceptors (Lipinski definition) is 1. The molecule has 1 fully saturated rings. The number of allylic oxidation sites excluding steroid dienone is 1. The number of rotatable bonds is 9. The molecule has 0 spiro atoms. The summed E-state index contributed by atoms with van der Waals surface area (Å²) >= 11 is 0. The van der Waals surface area contributed by atoms with Gasteiger partial charge in [-0.15, -0.1) is 6.58 Å². The van der Waals surface area contributed by atoms with E-state index < -0.39 is 0 Å². The summed E-state index contributed by atoms with van der Waals surface area (Å²) in [7, 11) is 0. The van der Waals surface area contributed by atoms with E-state index in [-0.39, 0.29) is 0 Å². The Morgan fingerprint density at radius 3 is 2.26 bits per heavy atom. The fourth-order valence-electron chi connectivity index (χ4n) is 3.87. The molecule has 124 valence electrons. The van der Waals surface area contributed by atoms with E-state index in [1.165, 1.54) is 76.2 Å². The maximum atomic E-state index is 8.88. The highest BCUT2D eigenvalue weighted by Crippen LogP contribution is 2.37. The second-order valence-corrected chi connectivity index (χ2v) is 7.09. The van der Waals surface area contributed by atoms with Gasteiger partial charge in [0.15, 0.2) is 0 Å². The first-order valence-corrected chi connectivity index (χ1v) is 9.44. The number of nitriles is 1. The summed E-state index contributed by atoms with van der Waals surface area (Å²) < 4.78 is 0. The molecule has 0 radical (unpaired) electrons. The molecule has 0 aliphatic heterocycles. The smallest absolute Gasteiger partial charge is 0.0991 e.